The topological polar surface area (TPSA) is 378 Å². The van der Waals surface area contributed by atoms with Crippen LogP contribution in [0.1, 0.15) is 96.9 Å². The van der Waals surface area contributed by atoms with E-state index in [4.69, 9.17) is 24.9 Å². The average molecular weight is 1130 g/mol. The Hall–Kier alpha value is -7.75. The Morgan fingerprint density at radius 1 is 0.914 bits per heavy atom. The van der Waals surface area contributed by atoms with Crippen LogP contribution in [-0.4, -0.2) is 147 Å². The summed E-state index contributed by atoms with van der Waals surface area (Å²) in [7, 11) is 0. The van der Waals surface area contributed by atoms with Crippen LogP contribution < -0.4 is 43.2 Å². The number of hydrogen-bond donors (Lipinski definition) is 11. The molecular formula is C55H66FN9O16. The molecular weight excluding hydrogens is 1060 g/mol. The maximum absolute atomic E-state index is 15.4. The van der Waals surface area contributed by atoms with Gasteiger partial charge in [0, 0.05) is 47.9 Å². The lowest BCUT2D eigenvalue weighted by molar-refractivity contribution is -0.172. The second-order valence-electron chi connectivity index (χ2n) is 20.6. The molecule has 8 rings (SSSR count). The van der Waals surface area contributed by atoms with Gasteiger partial charge in [-0.15, -0.1) is 0 Å². The number of ether oxygens (including phenoxy) is 3. The summed E-state index contributed by atoms with van der Waals surface area (Å²) in [5.74, 6) is -6.88. The van der Waals surface area contributed by atoms with Crippen molar-refractivity contribution in [3.05, 3.63) is 97.6 Å². The molecule has 8 atom stereocenters. The Bertz CT molecular complexity index is 3180. The molecule has 81 heavy (non-hydrogen) atoms. The highest BCUT2D eigenvalue weighted by atomic mass is 19.1. The van der Waals surface area contributed by atoms with Gasteiger partial charge in [0.2, 0.25) is 41.4 Å². The van der Waals surface area contributed by atoms with E-state index < -0.39 is 140 Å². The molecule has 0 radical (unpaired) electrons. The van der Waals surface area contributed by atoms with Gasteiger partial charge in [-0.25, -0.2) is 14.2 Å². The van der Waals surface area contributed by atoms with Crippen molar-refractivity contribution < 1.29 is 77.4 Å². The molecule has 434 valence electrons. The normalized spacial score (nSPS) is 21.1. The summed E-state index contributed by atoms with van der Waals surface area (Å²) in [5.41, 5.74) is 7.27. The van der Waals surface area contributed by atoms with Gasteiger partial charge in [0.05, 0.1) is 67.3 Å². The number of aliphatic hydroxyl groups excluding tert-OH is 3. The fraction of sp³-hybridized carbons (Fsp3) is 0.491. The number of carbonyl (C=O) groups excluding carboxylic acids is 8. The molecule has 0 spiro atoms. The van der Waals surface area contributed by atoms with E-state index in [0.29, 0.717) is 75.8 Å². The number of nitrogens with one attached hydrogen (secondary N) is 6. The molecule has 2 aromatic carbocycles. The second kappa shape index (κ2) is 25.8. The third-order valence-corrected chi connectivity index (χ3v) is 15.3. The Balaban J connectivity index is 0.795. The lowest BCUT2D eigenvalue weighted by Gasteiger charge is -2.31. The molecule has 3 aliphatic heterocycles. The molecule has 5 heterocycles. The number of nitrogens with zero attached hydrogens (tertiary/aromatic N) is 2. The fourth-order valence-corrected chi connectivity index (χ4v) is 10.8. The van der Waals surface area contributed by atoms with Crippen molar-refractivity contribution in [1.29, 1.82) is 0 Å². The number of unbranched alkanes of at least 4 members (excludes halogenated alkanes) is 1. The van der Waals surface area contributed by atoms with Crippen LogP contribution >= 0.6 is 0 Å². The standard InChI is InChI=1S/C55H66FN9O16/c1-3-55(78)33-17-38-48-31(22-65(38)53(76)32(33)24-80-54(55)77)47-35(13-12-30-27(2)34(56)18-36(64-48)46(30)47)62-45(71)25-79-26-61-43(69)20-60-52(75)37(15-28-9-5-4-6-10-28)63-44(70)21-59-41(67)16-29(51(57)74)11-7-8-14-58-42(68)19-39-49(72)50(73)40(23-66)81-39/h4-6,9-10,17-18,29,35,37,39-40,49-50,66,72-73,78H,3,7-8,11-16,19-26H2,1-2H3,(H2,57,74)(H,58,68)(H,59,67)(H,60,75)(H,61,69)(H,62,71)(H,63,70)/t29?,35-,37-,39-,40+,49-,50+,55-/m0/s1. The van der Waals surface area contributed by atoms with Crippen molar-refractivity contribution in [3.8, 4) is 11.4 Å². The number of halogens is 1. The Kier molecular flexibility index (Phi) is 18.9. The summed E-state index contributed by atoms with van der Waals surface area (Å²) in [4.78, 5) is 122. The molecule has 2 aromatic heterocycles. The number of amides is 7. The smallest absolute Gasteiger partial charge is 0.343 e. The van der Waals surface area contributed by atoms with Crippen molar-refractivity contribution >= 4 is 58.2 Å². The first-order valence-electron chi connectivity index (χ1n) is 26.7. The summed E-state index contributed by atoms with van der Waals surface area (Å²) in [5, 5.41) is 56.8. The van der Waals surface area contributed by atoms with Crippen molar-refractivity contribution in [2.75, 3.05) is 39.6 Å². The first-order valence-corrected chi connectivity index (χ1v) is 26.7. The van der Waals surface area contributed by atoms with Crippen molar-refractivity contribution in [3.63, 3.8) is 0 Å². The quantitative estimate of drug-likeness (QED) is 0.0177. The van der Waals surface area contributed by atoms with E-state index in [1.165, 1.54) is 10.6 Å². The highest BCUT2D eigenvalue weighted by Gasteiger charge is 2.46. The van der Waals surface area contributed by atoms with Crippen molar-refractivity contribution in [2.45, 2.75) is 127 Å². The third kappa shape index (κ3) is 13.2. The Morgan fingerprint density at radius 2 is 1.65 bits per heavy atom. The molecule has 4 aromatic rings. The number of benzene rings is 2. The molecule has 0 bridgehead atoms. The van der Waals surface area contributed by atoms with Gasteiger partial charge in [-0.1, -0.05) is 43.7 Å². The highest BCUT2D eigenvalue weighted by molar-refractivity contribution is 5.95. The number of aromatic nitrogens is 2. The maximum Gasteiger partial charge on any atom is 0.343 e. The number of pyridine rings is 2. The van der Waals surface area contributed by atoms with Crippen LogP contribution in [0.3, 0.4) is 0 Å². The number of hydrogen-bond acceptors (Lipinski definition) is 17. The van der Waals surface area contributed by atoms with Crippen molar-refractivity contribution in [2.24, 2.45) is 11.7 Å². The Labute approximate surface area is 462 Å². The minimum atomic E-state index is -2.06. The van der Waals surface area contributed by atoms with E-state index in [-0.39, 0.29) is 62.9 Å². The summed E-state index contributed by atoms with van der Waals surface area (Å²) >= 11 is 0. The van der Waals surface area contributed by atoms with Crippen LogP contribution in [0, 0.1) is 18.7 Å². The molecule has 1 unspecified atom stereocenters. The van der Waals surface area contributed by atoms with E-state index in [1.54, 1.807) is 50.2 Å². The predicted molar refractivity (Wildman–Crippen MR) is 282 cm³/mol. The van der Waals surface area contributed by atoms with Gasteiger partial charge in [0.15, 0.2) is 5.60 Å². The largest absolute Gasteiger partial charge is 0.458 e. The molecule has 4 aliphatic rings. The van der Waals surface area contributed by atoms with E-state index in [1.807, 2.05) is 0 Å². The summed E-state index contributed by atoms with van der Waals surface area (Å²) < 4.78 is 32.9. The summed E-state index contributed by atoms with van der Waals surface area (Å²) in [6.45, 7) is 0.571. The average Bonchev–Trinajstić information content (AvgIpc) is 3.77. The first kappa shape index (κ1) is 59.4. The lowest BCUT2D eigenvalue weighted by Crippen LogP contribution is -2.52. The van der Waals surface area contributed by atoms with E-state index >= 15 is 4.39 Å². The number of rotatable bonds is 25. The monoisotopic (exact) mass is 1130 g/mol. The first-order chi connectivity index (χ1) is 38.7. The Morgan fingerprint density at radius 3 is 2.37 bits per heavy atom. The molecule has 1 aliphatic carbocycles. The zero-order valence-corrected chi connectivity index (χ0v) is 44.6. The zero-order valence-electron chi connectivity index (χ0n) is 44.6. The minimum Gasteiger partial charge on any atom is -0.458 e. The van der Waals surface area contributed by atoms with Crippen LogP contribution in [0.25, 0.3) is 22.3 Å². The number of cyclic esters (lactones) is 1. The van der Waals surface area contributed by atoms with Gasteiger partial charge >= 0.3 is 5.97 Å². The molecule has 0 saturated carbocycles. The second-order valence-corrected chi connectivity index (χ2v) is 20.6. The molecule has 1 fully saturated rings. The summed E-state index contributed by atoms with van der Waals surface area (Å²) in [6, 6.07) is 9.69. The number of fused-ring (bicyclic) bond motifs is 5. The minimum absolute atomic E-state index is 0.00508. The van der Waals surface area contributed by atoms with E-state index in [2.05, 4.69) is 31.9 Å². The van der Waals surface area contributed by atoms with E-state index in [9.17, 15) is 63.6 Å². The molecule has 26 heteroatoms. The van der Waals surface area contributed by atoms with E-state index in [0.717, 1.165) is 0 Å². The van der Waals surface area contributed by atoms with Gasteiger partial charge in [0.1, 0.15) is 50.1 Å². The van der Waals surface area contributed by atoms with Crippen LogP contribution in [0.2, 0.25) is 0 Å². The van der Waals surface area contributed by atoms with Gasteiger partial charge in [-0.05, 0) is 67.3 Å². The maximum atomic E-state index is 15.4. The van der Waals surface area contributed by atoms with Crippen LogP contribution in [0.4, 0.5) is 4.39 Å². The number of aryl methyl sites for hydroxylation is 1. The SMILES string of the molecule is CC[C@@]1(O)C(=O)OCc2c1cc1n(c2=O)Cc2c-1nc1cc(F)c(C)c3c1c2[C@@H](NC(=O)COCNC(=O)CNC(=O)[C@H](Cc1ccccc1)NC(=O)CNC(=O)CC(CCCCNC(=O)C[C@@H]1O[C@H](CO)[C@@H](O)[C@H]1O)C(N)=O)CC3. The predicted octanol–water partition coefficient (Wildman–Crippen LogP) is -1.67. The lowest BCUT2D eigenvalue weighted by atomic mass is 9.81. The van der Waals surface area contributed by atoms with Crippen LogP contribution in [0.15, 0.2) is 47.3 Å². The van der Waals surface area contributed by atoms with Gasteiger partial charge in [-0.2, -0.15) is 0 Å². The van der Waals surface area contributed by atoms with Gasteiger partial charge in [-0.3, -0.25) is 38.4 Å². The molecule has 12 N–H and O–H groups in total. The highest BCUT2D eigenvalue weighted by Crippen LogP contribution is 2.46. The molecule has 7 amide bonds. The number of carbonyl (C=O) groups is 8. The fourth-order valence-electron chi connectivity index (χ4n) is 10.8. The number of nitrogens with two attached hydrogens (primary N) is 1. The molecule has 25 nitrogen and oxygen atoms in total. The third-order valence-electron chi connectivity index (χ3n) is 15.3. The summed E-state index contributed by atoms with van der Waals surface area (Å²) in [6.07, 6.45) is -3.58. The molecule has 1 saturated heterocycles. The van der Waals surface area contributed by atoms with Gasteiger partial charge < -0.3 is 76.8 Å². The van der Waals surface area contributed by atoms with Crippen LogP contribution in [-0.2, 0) is 84.2 Å². The number of aliphatic hydroxyl groups is 4. The number of primary amides is 1. The van der Waals surface area contributed by atoms with Crippen LogP contribution in [0.5, 0.6) is 0 Å². The van der Waals surface area contributed by atoms with Gasteiger partial charge in [0.25, 0.3) is 5.56 Å². The zero-order chi connectivity index (χ0) is 58.3. The number of esters is 1. The van der Waals surface area contributed by atoms with Crippen molar-refractivity contribution in [1.82, 2.24) is 41.5 Å².